The minimum absolute atomic E-state index is 0.0295. The van der Waals surface area contributed by atoms with E-state index in [4.69, 9.17) is 17.3 Å². The number of carbonyl (C=O) groups is 1. The van der Waals surface area contributed by atoms with E-state index in [0.717, 1.165) is 30.0 Å². The van der Waals surface area contributed by atoms with Gasteiger partial charge in [0.05, 0.1) is 12.4 Å². The molecule has 27 heavy (non-hydrogen) atoms. The van der Waals surface area contributed by atoms with Crippen molar-refractivity contribution < 1.29 is 4.79 Å². The van der Waals surface area contributed by atoms with Gasteiger partial charge in [0, 0.05) is 34.8 Å². The van der Waals surface area contributed by atoms with E-state index >= 15 is 0 Å². The number of hydrogen-bond acceptors (Lipinski definition) is 3. The van der Waals surface area contributed by atoms with Gasteiger partial charge in [-0.1, -0.05) is 44.0 Å². The van der Waals surface area contributed by atoms with E-state index in [2.05, 4.69) is 41.3 Å². The average Bonchev–Trinajstić information content (AvgIpc) is 3.07. The first-order valence-corrected chi connectivity index (χ1v) is 10.1. The van der Waals surface area contributed by atoms with Crippen LogP contribution in [-0.4, -0.2) is 28.0 Å². The van der Waals surface area contributed by atoms with Crippen LogP contribution < -0.4 is 11.1 Å². The lowest BCUT2D eigenvalue weighted by molar-refractivity contribution is -0.124. The summed E-state index contributed by atoms with van der Waals surface area (Å²) in [7, 11) is 0. The van der Waals surface area contributed by atoms with Crippen LogP contribution in [0.1, 0.15) is 50.8 Å². The molecule has 0 bridgehead atoms. The van der Waals surface area contributed by atoms with E-state index < -0.39 is 6.04 Å². The molecule has 2 aromatic rings. The second-order valence-electron chi connectivity index (χ2n) is 8.09. The normalized spacial score (nSPS) is 18.0. The van der Waals surface area contributed by atoms with Crippen LogP contribution in [0.2, 0.25) is 5.02 Å². The molecule has 4 N–H and O–H groups in total. The highest BCUT2D eigenvalue weighted by Crippen LogP contribution is 2.48. The average molecular weight is 389 g/mol. The number of H-pyrrole nitrogens is 1. The van der Waals surface area contributed by atoms with Gasteiger partial charge in [-0.05, 0) is 42.9 Å². The molecule has 1 fully saturated rings. The van der Waals surface area contributed by atoms with Gasteiger partial charge in [0.2, 0.25) is 5.91 Å². The molecule has 0 radical (unpaired) electrons. The monoisotopic (exact) mass is 388 g/mol. The van der Waals surface area contributed by atoms with Crippen molar-refractivity contribution in [1.29, 1.82) is 0 Å². The highest BCUT2D eigenvalue weighted by atomic mass is 35.5. The smallest absolute Gasteiger partial charge is 0.237 e. The third-order valence-electron chi connectivity index (χ3n) is 5.69. The molecule has 1 aliphatic rings. The van der Waals surface area contributed by atoms with Crippen molar-refractivity contribution in [3.05, 3.63) is 53.1 Å². The molecule has 6 heteroatoms. The van der Waals surface area contributed by atoms with Gasteiger partial charge in [0.15, 0.2) is 0 Å². The Morgan fingerprint density at radius 3 is 2.56 bits per heavy atom. The van der Waals surface area contributed by atoms with Crippen LogP contribution in [0.15, 0.2) is 36.8 Å². The molecule has 1 aliphatic carbocycles. The van der Waals surface area contributed by atoms with E-state index in [-0.39, 0.29) is 17.4 Å². The van der Waals surface area contributed by atoms with Crippen molar-refractivity contribution in [2.24, 2.45) is 11.7 Å². The van der Waals surface area contributed by atoms with Crippen LogP contribution >= 0.6 is 11.6 Å². The zero-order valence-corrected chi connectivity index (χ0v) is 16.8. The maximum atomic E-state index is 12.8. The second-order valence-corrected chi connectivity index (χ2v) is 8.53. The van der Waals surface area contributed by atoms with Gasteiger partial charge in [-0.2, -0.15) is 0 Å². The van der Waals surface area contributed by atoms with Crippen molar-refractivity contribution in [2.75, 3.05) is 0 Å². The van der Waals surface area contributed by atoms with Gasteiger partial charge < -0.3 is 16.0 Å². The van der Waals surface area contributed by atoms with Gasteiger partial charge in [-0.25, -0.2) is 4.98 Å². The van der Waals surface area contributed by atoms with E-state index in [1.54, 1.807) is 12.5 Å². The number of nitrogens with one attached hydrogen (secondary N) is 2. The van der Waals surface area contributed by atoms with Gasteiger partial charge >= 0.3 is 0 Å². The summed E-state index contributed by atoms with van der Waals surface area (Å²) in [6.45, 7) is 4.38. The highest BCUT2D eigenvalue weighted by Gasteiger charge is 2.46. The fourth-order valence-corrected chi connectivity index (χ4v) is 4.20. The molecule has 2 atom stereocenters. The first kappa shape index (κ1) is 19.9. The lowest BCUT2D eigenvalue weighted by Gasteiger charge is -2.49. The van der Waals surface area contributed by atoms with Crippen molar-refractivity contribution in [1.82, 2.24) is 15.3 Å². The van der Waals surface area contributed by atoms with Crippen molar-refractivity contribution in [2.45, 2.75) is 63.5 Å². The lowest BCUT2D eigenvalue weighted by Crippen LogP contribution is -2.57. The molecule has 0 aliphatic heterocycles. The van der Waals surface area contributed by atoms with Crippen molar-refractivity contribution in [3.63, 3.8) is 0 Å². The third-order valence-corrected chi connectivity index (χ3v) is 5.94. The summed E-state index contributed by atoms with van der Waals surface area (Å²) in [6, 6.07) is 7.55. The Hall–Kier alpha value is -1.85. The van der Waals surface area contributed by atoms with E-state index in [9.17, 15) is 4.79 Å². The molecular weight excluding hydrogens is 360 g/mol. The van der Waals surface area contributed by atoms with Crippen LogP contribution in [-0.2, 0) is 16.6 Å². The fourth-order valence-electron chi connectivity index (χ4n) is 4.08. The minimum atomic E-state index is -0.595. The van der Waals surface area contributed by atoms with Crippen molar-refractivity contribution in [3.8, 4) is 0 Å². The van der Waals surface area contributed by atoms with E-state index in [0.29, 0.717) is 12.3 Å². The Balaban J connectivity index is 1.78. The number of hydrogen-bond donors (Lipinski definition) is 3. The van der Waals surface area contributed by atoms with E-state index in [1.165, 1.54) is 12.0 Å². The summed E-state index contributed by atoms with van der Waals surface area (Å²) in [5.41, 5.74) is 8.27. The predicted octanol–water partition coefficient (Wildman–Crippen LogP) is 3.59. The number of nitrogens with two attached hydrogens (primary N) is 1. The molecule has 2 unspecified atom stereocenters. The number of rotatable bonds is 8. The molecule has 1 amide bonds. The molecule has 3 rings (SSSR count). The summed E-state index contributed by atoms with van der Waals surface area (Å²) in [5, 5.41) is 4.02. The molecule has 0 spiro atoms. The summed E-state index contributed by atoms with van der Waals surface area (Å²) >= 11 is 6.09. The van der Waals surface area contributed by atoms with Gasteiger partial charge in [0.25, 0.3) is 0 Å². The molecule has 5 nitrogen and oxygen atoms in total. The number of carbonyl (C=O) groups excluding carboxylic acids is 1. The van der Waals surface area contributed by atoms with Crippen LogP contribution in [0.5, 0.6) is 0 Å². The topological polar surface area (TPSA) is 83.8 Å². The predicted molar refractivity (Wildman–Crippen MR) is 109 cm³/mol. The summed E-state index contributed by atoms with van der Waals surface area (Å²) in [5.74, 6) is 0.374. The second kappa shape index (κ2) is 8.44. The number of amides is 1. The maximum absolute atomic E-state index is 12.8. The Morgan fingerprint density at radius 2 is 2.04 bits per heavy atom. The quantitative estimate of drug-likeness (QED) is 0.646. The van der Waals surface area contributed by atoms with Gasteiger partial charge in [0.1, 0.15) is 0 Å². The molecule has 1 aromatic heterocycles. The Morgan fingerprint density at radius 1 is 1.33 bits per heavy atom. The summed E-state index contributed by atoms with van der Waals surface area (Å²) in [4.78, 5) is 19.8. The standard InChI is InChI=1S/C21H29ClN4O/c1-14(2)10-19(26-20(27)18(23)11-17-12-24-13-25-17)21(8-3-9-21)15-4-6-16(22)7-5-15/h4-7,12-14,18-19H,3,8-11,23H2,1-2H3,(H,24,25)(H,26,27). The van der Waals surface area contributed by atoms with Crippen LogP contribution in [0.25, 0.3) is 0 Å². The van der Waals surface area contributed by atoms with Gasteiger partial charge in [-0.15, -0.1) is 0 Å². The summed E-state index contributed by atoms with van der Waals surface area (Å²) < 4.78 is 0. The molecule has 1 aromatic carbocycles. The number of halogens is 1. The van der Waals surface area contributed by atoms with Crippen LogP contribution in [0, 0.1) is 5.92 Å². The minimum Gasteiger partial charge on any atom is -0.351 e. The number of aromatic nitrogens is 2. The number of nitrogens with zero attached hydrogens (tertiary/aromatic N) is 1. The van der Waals surface area contributed by atoms with E-state index in [1.807, 2.05) is 12.1 Å². The Labute approximate surface area is 166 Å². The number of benzene rings is 1. The zero-order chi connectivity index (χ0) is 19.4. The Bertz CT molecular complexity index is 738. The Kier molecular flexibility index (Phi) is 6.22. The zero-order valence-electron chi connectivity index (χ0n) is 16.0. The first-order chi connectivity index (χ1) is 12.9. The SMILES string of the molecule is CC(C)CC(NC(=O)C(N)Cc1cnc[nH]1)C1(c2ccc(Cl)cc2)CCC1. The molecule has 1 saturated carbocycles. The lowest BCUT2D eigenvalue weighted by atomic mass is 9.58. The van der Waals surface area contributed by atoms with Crippen LogP contribution in [0.4, 0.5) is 0 Å². The maximum Gasteiger partial charge on any atom is 0.237 e. The summed E-state index contributed by atoms with van der Waals surface area (Å²) in [6.07, 6.45) is 8.00. The van der Waals surface area contributed by atoms with Crippen LogP contribution in [0.3, 0.4) is 0 Å². The number of aromatic amines is 1. The first-order valence-electron chi connectivity index (χ1n) is 9.70. The molecule has 146 valence electrons. The fraction of sp³-hybridized carbons (Fsp3) is 0.524. The molecule has 0 saturated heterocycles. The number of imidazole rings is 1. The molecule has 1 heterocycles. The van der Waals surface area contributed by atoms with Crippen molar-refractivity contribution >= 4 is 17.5 Å². The highest BCUT2D eigenvalue weighted by molar-refractivity contribution is 6.30. The third kappa shape index (κ3) is 4.53. The molecular formula is C21H29ClN4O. The van der Waals surface area contributed by atoms with Gasteiger partial charge in [-0.3, -0.25) is 4.79 Å². The largest absolute Gasteiger partial charge is 0.351 e.